The Morgan fingerprint density at radius 1 is 1.32 bits per heavy atom. The molecule has 0 aliphatic heterocycles. The predicted molar refractivity (Wildman–Crippen MR) is 69.8 cm³/mol. The minimum atomic E-state index is -4.40. The van der Waals surface area contributed by atoms with Crippen molar-refractivity contribution < 1.29 is 18.0 Å². The number of carbonyl (C=O) groups excluding carboxylic acids is 1. The van der Waals surface area contributed by atoms with Crippen LogP contribution in [0.25, 0.3) is 0 Å². The summed E-state index contributed by atoms with van der Waals surface area (Å²) in [6, 6.07) is 2.98. The van der Waals surface area contributed by atoms with E-state index < -0.39 is 23.8 Å². The van der Waals surface area contributed by atoms with Crippen LogP contribution in [0.2, 0.25) is 0 Å². The molecule has 0 radical (unpaired) electrons. The van der Waals surface area contributed by atoms with Gasteiger partial charge < -0.3 is 16.4 Å². The quantitative estimate of drug-likeness (QED) is 0.750. The van der Waals surface area contributed by atoms with Crippen molar-refractivity contribution >= 4 is 28.9 Å². The molecule has 1 aromatic rings. The summed E-state index contributed by atoms with van der Waals surface area (Å²) in [5, 5.41) is 4.81. The van der Waals surface area contributed by atoms with Gasteiger partial charge in [0.05, 0.1) is 16.6 Å². The van der Waals surface area contributed by atoms with Crippen LogP contribution in [-0.2, 0) is 6.18 Å². The number of amides is 2. The number of nitrogens with one attached hydrogen (secondary N) is 2. The maximum absolute atomic E-state index is 12.3. The smallest absolute Gasteiger partial charge is 0.392 e. The highest BCUT2D eigenvalue weighted by molar-refractivity contribution is 7.80. The lowest BCUT2D eigenvalue weighted by atomic mass is 10.2. The number of alkyl halides is 3. The summed E-state index contributed by atoms with van der Waals surface area (Å²) >= 11 is 4.67. The van der Waals surface area contributed by atoms with Crippen LogP contribution in [-0.4, -0.2) is 17.1 Å². The molecule has 0 spiro atoms. The Kier molecular flexibility index (Phi) is 4.71. The topological polar surface area (TPSA) is 67.2 Å². The van der Waals surface area contributed by atoms with E-state index in [0.29, 0.717) is 0 Å². The van der Waals surface area contributed by atoms with Gasteiger partial charge in [0.25, 0.3) is 0 Å². The van der Waals surface area contributed by atoms with E-state index in [1.165, 1.54) is 0 Å². The molecule has 0 saturated heterocycles. The largest absolute Gasteiger partial charge is 0.416 e. The highest BCUT2D eigenvalue weighted by atomic mass is 32.1. The first-order valence-corrected chi connectivity index (χ1v) is 5.65. The van der Waals surface area contributed by atoms with Crippen molar-refractivity contribution in [1.29, 1.82) is 0 Å². The van der Waals surface area contributed by atoms with Crippen LogP contribution in [0.5, 0.6) is 0 Å². The molecule has 1 aromatic carbocycles. The number of halogens is 3. The number of thiocarbonyl (C=S) groups is 1. The summed E-state index contributed by atoms with van der Waals surface area (Å²) in [5.74, 6) is 0. The van der Waals surface area contributed by atoms with Crippen molar-refractivity contribution in [3.8, 4) is 0 Å². The van der Waals surface area contributed by atoms with Gasteiger partial charge in [0.2, 0.25) is 0 Å². The lowest BCUT2D eigenvalue weighted by Crippen LogP contribution is -2.43. The number of carbonyl (C=O) groups is 1. The van der Waals surface area contributed by atoms with Gasteiger partial charge in [-0.3, -0.25) is 0 Å². The molecule has 0 bridgehead atoms. The molecule has 1 unspecified atom stereocenters. The fourth-order valence-corrected chi connectivity index (χ4v) is 1.24. The first-order chi connectivity index (χ1) is 8.70. The zero-order valence-electron chi connectivity index (χ0n) is 9.91. The van der Waals surface area contributed by atoms with Crippen LogP contribution >= 0.6 is 12.2 Å². The maximum Gasteiger partial charge on any atom is 0.416 e. The molecule has 1 atom stereocenters. The van der Waals surface area contributed by atoms with Gasteiger partial charge in [-0.1, -0.05) is 12.2 Å². The van der Waals surface area contributed by atoms with Crippen LogP contribution in [0.15, 0.2) is 24.3 Å². The van der Waals surface area contributed by atoms with Crippen molar-refractivity contribution in [2.24, 2.45) is 5.73 Å². The van der Waals surface area contributed by atoms with E-state index in [2.05, 4.69) is 22.9 Å². The monoisotopic (exact) mass is 291 g/mol. The maximum atomic E-state index is 12.3. The van der Waals surface area contributed by atoms with E-state index in [-0.39, 0.29) is 10.7 Å². The van der Waals surface area contributed by atoms with Gasteiger partial charge in [-0.2, -0.15) is 13.2 Å². The first-order valence-electron chi connectivity index (χ1n) is 5.24. The standard InChI is InChI=1S/C11H12F3N3OS/c1-6(9(15)19)16-10(18)17-8-4-2-7(3-5-8)11(12,13)14/h2-6H,1H3,(H2,15,19)(H2,16,17,18). The van der Waals surface area contributed by atoms with Crippen LogP contribution < -0.4 is 16.4 Å². The zero-order valence-corrected chi connectivity index (χ0v) is 10.7. The average molecular weight is 291 g/mol. The van der Waals surface area contributed by atoms with E-state index >= 15 is 0 Å². The van der Waals surface area contributed by atoms with Crippen molar-refractivity contribution in [3.05, 3.63) is 29.8 Å². The van der Waals surface area contributed by atoms with Gasteiger partial charge in [0, 0.05) is 5.69 Å². The number of rotatable bonds is 3. The fourth-order valence-electron chi connectivity index (χ4n) is 1.18. The normalized spacial score (nSPS) is 12.6. The first kappa shape index (κ1) is 15.2. The van der Waals surface area contributed by atoms with Crippen molar-refractivity contribution in [2.75, 3.05) is 5.32 Å². The number of hydrogen-bond donors (Lipinski definition) is 3. The Labute approximate surface area is 113 Å². The van der Waals surface area contributed by atoms with Crippen molar-refractivity contribution in [3.63, 3.8) is 0 Å². The van der Waals surface area contributed by atoms with E-state index in [1.54, 1.807) is 6.92 Å². The second kappa shape index (κ2) is 5.87. The molecule has 19 heavy (non-hydrogen) atoms. The summed E-state index contributed by atoms with van der Waals surface area (Å²) < 4.78 is 36.9. The second-order valence-electron chi connectivity index (χ2n) is 3.80. The lowest BCUT2D eigenvalue weighted by Gasteiger charge is -2.13. The SMILES string of the molecule is CC(NC(=O)Nc1ccc(C(F)(F)F)cc1)C(N)=S. The summed E-state index contributed by atoms with van der Waals surface area (Å²) in [4.78, 5) is 11.6. The predicted octanol–water partition coefficient (Wildman–Crippen LogP) is 2.50. The molecule has 0 aromatic heterocycles. The minimum Gasteiger partial charge on any atom is -0.392 e. The molecule has 0 heterocycles. The molecular formula is C11H12F3N3OS. The van der Waals surface area contributed by atoms with Gasteiger partial charge in [0.15, 0.2) is 0 Å². The van der Waals surface area contributed by atoms with E-state index in [4.69, 9.17) is 5.73 Å². The van der Waals surface area contributed by atoms with Crippen LogP contribution in [0.3, 0.4) is 0 Å². The van der Waals surface area contributed by atoms with Crippen LogP contribution in [0.4, 0.5) is 23.7 Å². The third-order valence-corrected chi connectivity index (χ3v) is 2.60. The molecule has 4 N–H and O–H groups in total. The minimum absolute atomic E-state index is 0.113. The fraction of sp³-hybridized carbons (Fsp3) is 0.273. The molecular weight excluding hydrogens is 279 g/mol. The summed E-state index contributed by atoms with van der Waals surface area (Å²) in [6.07, 6.45) is -4.40. The molecule has 2 amide bonds. The number of nitrogens with two attached hydrogens (primary N) is 1. The summed E-state index contributed by atoms with van der Waals surface area (Å²) in [7, 11) is 0. The third-order valence-electron chi connectivity index (χ3n) is 2.24. The molecule has 1 rings (SSSR count). The zero-order chi connectivity index (χ0) is 14.6. The molecule has 8 heteroatoms. The lowest BCUT2D eigenvalue weighted by molar-refractivity contribution is -0.137. The Bertz CT molecular complexity index is 473. The van der Waals surface area contributed by atoms with Gasteiger partial charge in [-0.15, -0.1) is 0 Å². The van der Waals surface area contributed by atoms with Crippen molar-refractivity contribution in [1.82, 2.24) is 5.32 Å². The van der Waals surface area contributed by atoms with Gasteiger partial charge in [0.1, 0.15) is 0 Å². The van der Waals surface area contributed by atoms with E-state index in [9.17, 15) is 18.0 Å². The van der Waals surface area contributed by atoms with E-state index in [0.717, 1.165) is 24.3 Å². The third kappa shape index (κ3) is 4.74. The Morgan fingerprint density at radius 3 is 2.26 bits per heavy atom. The molecule has 0 saturated carbocycles. The Hall–Kier alpha value is -1.83. The van der Waals surface area contributed by atoms with Crippen LogP contribution in [0.1, 0.15) is 12.5 Å². The molecule has 104 valence electrons. The highest BCUT2D eigenvalue weighted by Gasteiger charge is 2.29. The van der Waals surface area contributed by atoms with E-state index in [1.807, 2.05) is 0 Å². The number of urea groups is 1. The van der Waals surface area contributed by atoms with Gasteiger partial charge in [-0.05, 0) is 31.2 Å². The second-order valence-corrected chi connectivity index (χ2v) is 4.27. The average Bonchev–Trinajstić information content (AvgIpc) is 2.28. The molecule has 4 nitrogen and oxygen atoms in total. The number of benzene rings is 1. The molecule has 0 fully saturated rings. The molecule has 0 aliphatic carbocycles. The number of hydrogen-bond acceptors (Lipinski definition) is 2. The van der Waals surface area contributed by atoms with Crippen molar-refractivity contribution in [2.45, 2.75) is 19.1 Å². The van der Waals surface area contributed by atoms with Gasteiger partial charge >= 0.3 is 12.2 Å². The van der Waals surface area contributed by atoms with Gasteiger partial charge in [-0.25, -0.2) is 4.79 Å². The highest BCUT2D eigenvalue weighted by Crippen LogP contribution is 2.29. The number of anilines is 1. The Morgan fingerprint density at radius 2 is 1.84 bits per heavy atom. The Balaban J connectivity index is 2.63. The van der Waals surface area contributed by atoms with Crippen LogP contribution in [0, 0.1) is 0 Å². The molecule has 0 aliphatic rings. The summed E-state index contributed by atoms with van der Waals surface area (Å²) in [6.45, 7) is 1.59. The summed E-state index contributed by atoms with van der Waals surface area (Å²) in [5.41, 5.74) is 4.76.